The molecule has 0 atom stereocenters. The van der Waals surface area contributed by atoms with Crippen LogP contribution in [0.4, 0.5) is 22.0 Å². The Labute approximate surface area is 98.0 Å². The molecule has 1 fully saturated rings. The fourth-order valence-corrected chi connectivity index (χ4v) is 1.45. The van der Waals surface area contributed by atoms with E-state index >= 15 is 0 Å². The van der Waals surface area contributed by atoms with Gasteiger partial charge in [0.2, 0.25) is 5.82 Å². The summed E-state index contributed by atoms with van der Waals surface area (Å²) in [5, 5.41) is 4.92. The van der Waals surface area contributed by atoms with Crippen molar-refractivity contribution in [2.24, 2.45) is 0 Å². The van der Waals surface area contributed by atoms with Crippen LogP contribution in [-0.2, 0) is 0 Å². The van der Waals surface area contributed by atoms with Crippen LogP contribution in [0.2, 0.25) is 0 Å². The summed E-state index contributed by atoms with van der Waals surface area (Å²) in [4.78, 5) is 11.4. The van der Waals surface area contributed by atoms with Crippen molar-refractivity contribution in [1.29, 1.82) is 0 Å². The lowest BCUT2D eigenvalue weighted by Crippen LogP contribution is -2.57. The van der Waals surface area contributed by atoms with Gasteiger partial charge in [0.15, 0.2) is 23.3 Å². The van der Waals surface area contributed by atoms with Crippen LogP contribution in [0.25, 0.3) is 0 Å². The van der Waals surface area contributed by atoms with Gasteiger partial charge in [0, 0.05) is 13.1 Å². The van der Waals surface area contributed by atoms with Gasteiger partial charge in [0.25, 0.3) is 5.91 Å². The van der Waals surface area contributed by atoms with E-state index in [1.54, 1.807) is 0 Å². The number of amides is 1. The van der Waals surface area contributed by atoms with Gasteiger partial charge in [-0.1, -0.05) is 0 Å². The van der Waals surface area contributed by atoms with Gasteiger partial charge >= 0.3 is 0 Å². The van der Waals surface area contributed by atoms with E-state index in [1.165, 1.54) is 0 Å². The lowest BCUT2D eigenvalue weighted by molar-refractivity contribution is 0.0912. The summed E-state index contributed by atoms with van der Waals surface area (Å²) >= 11 is 0. The summed E-state index contributed by atoms with van der Waals surface area (Å²) in [6.07, 6.45) is 0. The van der Waals surface area contributed by atoms with Gasteiger partial charge in [-0.05, 0) is 0 Å². The highest BCUT2D eigenvalue weighted by molar-refractivity contribution is 5.95. The van der Waals surface area contributed by atoms with Crippen LogP contribution in [0.1, 0.15) is 10.4 Å². The average molecular weight is 266 g/mol. The molecule has 0 unspecified atom stereocenters. The Kier molecular flexibility index (Phi) is 3.20. The maximum absolute atomic E-state index is 13.2. The quantitative estimate of drug-likeness (QED) is 0.478. The highest BCUT2D eigenvalue weighted by Crippen LogP contribution is 2.23. The standard InChI is InChI=1S/C10H7F5N2O/c11-5-4(10(18)17-3-1-16-2-3)6(12)8(14)9(15)7(5)13/h3,16H,1-2H2,(H,17,18). The number of carbonyl (C=O) groups excluding carboxylic acids is 1. The molecular formula is C10H7F5N2O. The zero-order valence-electron chi connectivity index (χ0n) is 8.79. The number of hydrogen-bond acceptors (Lipinski definition) is 2. The van der Waals surface area contributed by atoms with Crippen LogP contribution in [0.15, 0.2) is 0 Å². The van der Waals surface area contributed by atoms with Gasteiger partial charge in [-0.25, -0.2) is 22.0 Å². The summed E-state index contributed by atoms with van der Waals surface area (Å²) in [7, 11) is 0. The number of rotatable bonds is 2. The maximum atomic E-state index is 13.2. The smallest absolute Gasteiger partial charge is 0.257 e. The highest BCUT2D eigenvalue weighted by atomic mass is 19.2. The van der Waals surface area contributed by atoms with Crippen LogP contribution < -0.4 is 10.6 Å². The Morgan fingerprint density at radius 1 is 0.944 bits per heavy atom. The van der Waals surface area contributed by atoms with Gasteiger partial charge in [-0.2, -0.15) is 0 Å². The van der Waals surface area contributed by atoms with E-state index in [0.29, 0.717) is 13.1 Å². The number of benzene rings is 1. The third-order valence-corrected chi connectivity index (χ3v) is 2.55. The summed E-state index contributed by atoms with van der Waals surface area (Å²) in [5.74, 6) is -12.1. The van der Waals surface area contributed by atoms with E-state index in [2.05, 4.69) is 10.6 Å². The molecule has 18 heavy (non-hydrogen) atoms. The summed E-state index contributed by atoms with van der Waals surface area (Å²) < 4.78 is 64.9. The highest BCUT2D eigenvalue weighted by Gasteiger charge is 2.31. The third kappa shape index (κ3) is 1.92. The topological polar surface area (TPSA) is 41.1 Å². The number of hydrogen-bond donors (Lipinski definition) is 2. The van der Waals surface area contributed by atoms with Gasteiger partial charge in [0.05, 0.1) is 6.04 Å². The monoisotopic (exact) mass is 266 g/mol. The van der Waals surface area contributed by atoms with Crippen molar-refractivity contribution in [3.8, 4) is 0 Å². The molecule has 0 radical (unpaired) electrons. The molecule has 2 rings (SSSR count). The molecule has 8 heteroatoms. The van der Waals surface area contributed by atoms with E-state index in [9.17, 15) is 26.7 Å². The molecule has 1 aromatic carbocycles. The molecule has 0 spiro atoms. The van der Waals surface area contributed by atoms with E-state index < -0.39 is 40.6 Å². The normalized spacial score (nSPS) is 15.4. The second-order valence-electron chi connectivity index (χ2n) is 3.77. The molecule has 0 aromatic heterocycles. The first-order valence-electron chi connectivity index (χ1n) is 4.96. The Bertz CT molecular complexity index is 486. The minimum Gasteiger partial charge on any atom is -0.347 e. The largest absolute Gasteiger partial charge is 0.347 e. The van der Waals surface area contributed by atoms with Crippen molar-refractivity contribution in [3.63, 3.8) is 0 Å². The first-order valence-corrected chi connectivity index (χ1v) is 4.96. The molecule has 0 bridgehead atoms. The van der Waals surface area contributed by atoms with Crippen molar-refractivity contribution in [2.75, 3.05) is 13.1 Å². The summed E-state index contributed by atoms with van der Waals surface area (Å²) in [6.45, 7) is 0.752. The van der Waals surface area contributed by atoms with Crippen LogP contribution in [0, 0.1) is 29.1 Å². The van der Waals surface area contributed by atoms with E-state index in [-0.39, 0.29) is 6.04 Å². The number of carbonyl (C=O) groups is 1. The Hall–Kier alpha value is -1.70. The minimum absolute atomic E-state index is 0.376. The second-order valence-corrected chi connectivity index (χ2v) is 3.77. The molecule has 3 nitrogen and oxygen atoms in total. The summed E-state index contributed by atoms with van der Waals surface area (Å²) in [5.41, 5.74) is -1.46. The molecule has 1 heterocycles. The zero-order chi connectivity index (χ0) is 13.4. The Morgan fingerprint density at radius 2 is 1.39 bits per heavy atom. The fourth-order valence-electron chi connectivity index (χ4n) is 1.45. The van der Waals surface area contributed by atoms with Crippen LogP contribution in [0.5, 0.6) is 0 Å². The number of halogens is 5. The van der Waals surface area contributed by atoms with Crippen molar-refractivity contribution < 1.29 is 26.7 Å². The first-order chi connectivity index (χ1) is 8.43. The number of nitrogens with one attached hydrogen (secondary N) is 2. The lowest BCUT2D eigenvalue weighted by Gasteiger charge is -2.28. The predicted octanol–water partition coefficient (Wildman–Crippen LogP) is 1.08. The first kappa shape index (κ1) is 12.7. The molecule has 1 aliphatic heterocycles. The van der Waals surface area contributed by atoms with Gasteiger partial charge < -0.3 is 10.6 Å². The maximum Gasteiger partial charge on any atom is 0.257 e. The molecule has 2 N–H and O–H groups in total. The second kappa shape index (κ2) is 4.52. The average Bonchev–Trinajstić information content (AvgIpc) is 2.29. The lowest BCUT2D eigenvalue weighted by atomic mass is 10.1. The molecule has 0 aliphatic carbocycles. The molecule has 1 aromatic rings. The van der Waals surface area contributed by atoms with Crippen molar-refractivity contribution in [2.45, 2.75) is 6.04 Å². The van der Waals surface area contributed by atoms with Crippen molar-refractivity contribution in [1.82, 2.24) is 10.6 Å². The van der Waals surface area contributed by atoms with Crippen LogP contribution in [0.3, 0.4) is 0 Å². The summed E-state index contributed by atoms with van der Waals surface area (Å²) in [6, 6.07) is -0.382. The van der Waals surface area contributed by atoms with E-state index in [1.807, 2.05) is 0 Å². The van der Waals surface area contributed by atoms with E-state index in [4.69, 9.17) is 0 Å². The molecule has 1 amide bonds. The van der Waals surface area contributed by atoms with Gasteiger partial charge in [-0.15, -0.1) is 0 Å². The molecule has 1 aliphatic rings. The fraction of sp³-hybridized carbons (Fsp3) is 0.300. The Morgan fingerprint density at radius 3 is 1.78 bits per heavy atom. The van der Waals surface area contributed by atoms with Crippen LogP contribution >= 0.6 is 0 Å². The van der Waals surface area contributed by atoms with Crippen molar-refractivity contribution >= 4 is 5.91 Å². The SMILES string of the molecule is O=C(NC1CNC1)c1c(F)c(F)c(F)c(F)c1F. The van der Waals surface area contributed by atoms with Crippen LogP contribution in [-0.4, -0.2) is 25.0 Å². The van der Waals surface area contributed by atoms with Crippen molar-refractivity contribution in [3.05, 3.63) is 34.6 Å². The predicted molar refractivity (Wildman–Crippen MR) is 50.4 cm³/mol. The van der Waals surface area contributed by atoms with Gasteiger partial charge in [0.1, 0.15) is 5.56 Å². The Balaban J connectivity index is 2.40. The zero-order valence-corrected chi connectivity index (χ0v) is 8.79. The minimum atomic E-state index is -2.29. The van der Waals surface area contributed by atoms with Gasteiger partial charge in [-0.3, -0.25) is 4.79 Å². The third-order valence-electron chi connectivity index (χ3n) is 2.55. The molecule has 0 saturated carbocycles. The van der Waals surface area contributed by atoms with E-state index in [0.717, 1.165) is 0 Å². The molecular weight excluding hydrogens is 259 g/mol. The molecule has 98 valence electrons. The molecule has 1 saturated heterocycles.